The summed E-state index contributed by atoms with van der Waals surface area (Å²) in [5, 5.41) is 2.59. The Balaban J connectivity index is 1.91. The van der Waals surface area contributed by atoms with Crippen LogP contribution in [0, 0.1) is 11.6 Å². The van der Waals surface area contributed by atoms with E-state index in [-0.39, 0.29) is 37.4 Å². The van der Waals surface area contributed by atoms with Crippen molar-refractivity contribution >= 4 is 15.9 Å². The molecule has 2 rings (SSSR count). The molecule has 0 saturated heterocycles. The number of carbonyl (C=O) groups excluding carboxylic acids is 1. The van der Waals surface area contributed by atoms with E-state index in [2.05, 4.69) is 5.32 Å². The highest BCUT2D eigenvalue weighted by Gasteiger charge is 2.17. The van der Waals surface area contributed by atoms with Crippen molar-refractivity contribution in [3.8, 4) is 0 Å². The van der Waals surface area contributed by atoms with Gasteiger partial charge in [0.1, 0.15) is 11.6 Å². The van der Waals surface area contributed by atoms with Gasteiger partial charge in [0.2, 0.25) is 10.0 Å². The van der Waals surface area contributed by atoms with Gasteiger partial charge in [-0.15, -0.1) is 0 Å². The molecule has 2 aromatic carbocycles. The molecule has 0 atom stereocenters. The van der Waals surface area contributed by atoms with E-state index in [1.165, 1.54) is 34.6 Å². The van der Waals surface area contributed by atoms with Crippen LogP contribution in [0.3, 0.4) is 0 Å². The molecule has 26 heavy (non-hydrogen) atoms. The van der Waals surface area contributed by atoms with Gasteiger partial charge in [-0.3, -0.25) is 4.79 Å². The number of benzene rings is 2. The highest BCUT2D eigenvalue weighted by Crippen LogP contribution is 2.09. The molecule has 0 unspecified atom stereocenters. The van der Waals surface area contributed by atoms with Gasteiger partial charge >= 0.3 is 0 Å². The molecule has 0 heterocycles. The van der Waals surface area contributed by atoms with Crippen LogP contribution in [0.15, 0.2) is 48.5 Å². The summed E-state index contributed by atoms with van der Waals surface area (Å²) in [7, 11) is -3.51. The first-order valence-corrected chi connectivity index (χ1v) is 9.84. The van der Waals surface area contributed by atoms with Gasteiger partial charge in [-0.25, -0.2) is 21.5 Å². The molecule has 0 aromatic heterocycles. The summed E-state index contributed by atoms with van der Waals surface area (Å²) in [6, 6.07) is 11.2. The average molecular weight is 382 g/mol. The van der Waals surface area contributed by atoms with Gasteiger partial charge in [-0.1, -0.05) is 18.2 Å². The van der Waals surface area contributed by atoms with E-state index in [1.54, 1.807) is 18.2 Å². The van der Waals surface area contributed by atoms with Crippen molar-refractivity contribution in [3.05, 3.63) is 71.3 Å². The normalized spacial score (nSPS) is 11.5. The molecule has 0 radical (unpaired) electrons. The molecular formula is C18H20F2N2O3S. The lowest BCUT2D eigenvalue weighted by atomic mass is 10.1. The van der Waals surface area contributed by atoms with E-state index >= 15 is 0 Å². The molecule has 0 fully saturated rings. The van der Waals surface area contributed by atoms with Gasteiger partial charge in [0.25, 0.3) is 5.91 Å². The molecule has 8 heteroatoms. The molecule has 1 amide bonds. The van der Waals surface area contributed by atoms with Gasteiger partial charge in [0.05, 0.1) is 6.26 Å². The zero-order chi connectivity index (χ0) is 19.2. The number of nitrogens with one attached hydrogen (secondary N) is 1. The topological polar surface area (TPSA) is 66.5 Å². The maximum Gasteiger partial charge on any atom is 0.251 e. The van der Waals surface area contributed by atoms with E-state index < -0.39 is 21.7 Å². The molecule has 0 aliphatic heterocycles. The number of nitrogens with zero attached hydrogens (tertiary/aromatic N) is 1. The Bertz CT molecular complexity index is 855. The molecule has 0 spiro atoms. The van der Waals surface area contributed by atoms with Crippen LogP contribution < -0.4 is 5.32 Å². The lowest BCUT2D eigenvalue weighted by Crippen LogP contribution is -2.39. The van der Waals surface area contributed by atoms with Gasteiger partial charge in [0, 0.05) is 25.2 Å². The minimum Gasteiger partial charge on any atom is -0.351 e. The molecule has 2 aromatic rings. The number of rotatable bonds is 8. The third-order valence-electron chi connectivity index (χ3n) is 3.81. The fourth-order valence-corrected chi connectivity index (χ4v) is 3.23. The van der Waals surface area contributed by atoms with Gasteiger partial charge in [-0.05, 0) is 42.3 Å². The molecule has 1 N–H and O–H groups in total. The second-order valence-corrected chi connectivity index (χ2v) is 7.75. The summed E-state index contributed by atoms with van der Waals surface area (Å²) < 4.78 is 51.5. The Morgan fingerprint density at radius 1 is 1.04 bits per heavy atom. The molecule has 0 aliphatic rings. The number of amides is 1. The van der Waals surface area contributed by atoms with Crippen LogP contribution in [0.5, 0.6) is 0 Å². The van der Waals surface area contributed by atoms with E-state index in [1.807, 2.05) is 0 Å². The standard InChI is InChI=1S/C18H20F2N2O3S/c1-26(24,25)22(12-10-14-4-2-3-5-17(14)20)13-11-21-18(23)15-6-8-16(19)9-7-15/h2-9H,10-13H2,1H3,(H,21,23). The second kappa shape index (κ2) is 8.86. The van der Waals surface area contributed by atoms with Crippen LogP contribution in [0.1, 0.15) is 15.9 Å². The monoisotopic (exact) mass is 382 g/mol. The third-order valence-corrected chi connectivity index (χ3v) is 5.11. The fourth-order valence-electron chi connectivity index (χ4n) is 2.39. The number of carbonyl (C=O) groups is 1. The molecular weight excluding hydrogens is 362 g/mol. The second-order valence-electron chi connectivity index (χ2n) is 5.77. The number of hydrogen-bond acceptors (Lipinski definition) is 3. The Labute approximate surface area is 151 Å². The summed E-state index contributed by atoms with van der Waals surface area (Å²) in [5.41, 5.74) is 0.708. The van der Waals surface area contributed by atoms with Crippen molar-refractivity contribution in [2.24, 2.45) is 0 Å². The summed E-state index contributed by atoms with van der Waals surface area (Å²) in [6.07, 6.45) is 1.29. The smallest absolute Gasteiger partial charge is 0.251 e. The first-order chi connectivity index (χ1) is 12.3. The summed E-state index contributed by atoms with van der Waals surface area (Å²) in [4.78, 5) is 12.0. The van der Waals surface area contributed by atoms with Crippen molar-refractivity contribution in [2.45, 2.75) is 6.42 Å². The van der Waals surface area contributed by atoms with Crippen LogP contribution in [0.2, 0.25) is 0 Å². The SMILES string of the molecule is CS(=O)(=O)N(CCNC(=O)c1ccc(F)cc1)CCc1ccccc1F. The van der Waals surface area contributed by atoms with Gasteiger partial charge in [-0.2, -0.15) is 0 Å². The predicted molar refractivity (Wildman–Crippen MR) is 95.3 cm³/mol. The van der Waals surface area contributed by atoms with Crippen molar-refractivity contribution in [3.63, 3.8) is 0 Å². The molecule has 5 nitrogen and oxygen atoms in total. The van der Waals surface area contributed by atoms with Crippen molar-refractivity contribution in [2.75, 3.05) is 25.9 Å². The maximum atomic E-state index is 13.7. The van der Waals surface area contributed by atoms with Crippen LogP contribution >= 0.6 is 0 Å². The van der Waals surface area contributed by atoms with Crippen LogP contribution in [-0.4, -0.2) is 44.5 Å². The molecule has 0 aliphatic carbocycles. The predicted octanol–water partition coefficient (Wildman–Crippen LogP) is 2.20. The van der Waals surface area contributed by atoms with Gasteiger partial charge in [0.15, 0.2) is 0 Å². The Morgan fingerprint density at radius 2 is 1.69 bits per heavy atom. The quantitative estimate of drug-likeness (QED) is 0.761. The first-order valence-electron chi connectivity index (χ1n) is 7.99. The first kappa shape index (κ1) is 20.0. The van der Waals surface area contributed by atoms with Crippen molar-refractivity contribution in [1.29, 1.82) is 0 Å². The van der Waals surface area contributed by atoms with Gasteiger partial charge < -0.3 is 5.32 Å². The fraction of sp³-hybridized carbons (Fsp3) is 0.278. The Hall–Kier alpha value is -2.32. The number of hydrogen-bond donors (Lipinski definition) is 1. The number of halogens is 2. The van der Waals surface area contributed by atoms with Crippen LogP contribution in [-0.2, 0) is 16.4 Å². The minimum absolute atomic E-state index is 0.0558. The van der Waals surface area contributed by atoms with E-state index in [4.69, 9.17) is 0 Å². The molecule has 140 valence electrons. The van der Waals surface area contributed by atoms with Crippen LogP contribution in [0.25, 0.3) is 0 Å². The minimum atomic E-state index is -3.51. The maximum absolute atomic E-state index is 13.7. The van der Waals surface area contributed by atoms with Crippen molar-refractivity contribution in [1.82, 2.24) is 9.62 Å². The molecule has 0 saturated carbocycles. The zero-order valence-electron chi connectivity index (χ0n) is 14.3. The van der Waals surface area contributed by atoms with Crippen molar-refractivity contribution < 1.29 is 22.0 Å². The largest absolute Gasteiger partial charge is 0.351 e. The number of sulfonamides is 1. The Kier molecular flexibility index (Phi) is 6.82. The lowest BCUT2D eigenvalue weighted by molar-refractivity contribution is 0.0951. The highest BCUT2D eigenvalue weighted by molar-refractivity contribution is 7.88. The summed E-state index contributed by atoms with van der Waals surface area (Å²) in [6.45, 7) is 0.243. The van der Waals surface area contributed by atoms with E-state index in [0.29, 0.717) is 5.56 Å². The van der Waals surface area contributed by atoms with E-state index in [0.717, 1.165) is 6.26 Å². The van der Waals surface area contributed by atoms with Crippen LogP contribution in [0.4, 0.5) is 8.78 Å². The average Bonchev–Trinajstić information content (AvgIpc) is 2.58. The zero-order valence-corrected chi connectivity index (χ0v) is 15.1. The van der Waals surface area contributed by atoms with E-state index in [9.17, 15) is 22.0 Å². The summed E-state index contributed by atoms with van der Waals surface area (Å²) in [5.74, 6) is -1.25. The third kappa shape index (κ3) is 5.89. The lowest BCUT2D eigenvalue weighted by Gasteiger charge is -2.20. The summed E-state index contributed by atoms with van der Waals surface area (Å²) >= 11 is 0. The molecule has 0 bridgehead atoms. The highest BCUT2D eigenvalue weighted by atomic mass is 32.2. The Morgan fingerprint density at radius 3 is 2.31 bits per heavy atom.